The number of ether oxygens (including phenoxy) is 1. The molecule has 0 radical (unpaired) electrons. The summed E-state index contributed by atoms with van der Waals surface area (Å²) >= 11 is 0. The average molecular weight is 328 g/mol. The standard InChI is InChI=1S/C20H25FN2O/c1-14-5-7-16(8-6-14)20-17(4-3-11-24-20)12-23-15(2)18-9-10-22-13-19(18)21/h5-10,13,15,17,20,23H,3-4,11-12H2,1-2H3. The first kappa shape index (κ1) is 17.1. The molecule has 0 spiro atoms. The third-order valence-corrected chi connectivity index (χ3v) is 4.81. The number of halogens is 1. The van der Waals surface area contributed by atoms with Crippen LogP contribution in [0.5, 0.6) is 0 Å². The van der Waals surface area contributed by atoms with Gasteiger partial charge in [0.25, 0.3) is 0 Å². The number of aromatic nitrogens is 1. The van der Waals surface area contributed by atoms with Crippen molar-refractivity contribution in [3.05, 3.63) is 65.2 Å². The van der Waals surface area contributed by atoms with E-state index in [0.29, 0.717) is 11.5 Å². The lowest BCUT2D eigenvalue weighted by Gasteiger charge is -2.33. The maximum Gasteiger partial charge on any atom is 0.146 e. The molecule has 0 aliphatic carbocycles. The number of aryl methyl sites for hydroxylation is 1. The van der Waals surface area contributed by atoms with Crippen molar-refractivity contribution in [3.8, 4) is 0 Å². The van der Waals surface area contributed by atoms with Gasteiger partial charge in [0, 0.05) is 36.9 Å². The highest BCUT2D eigenvalue weighted by atomic mass is 19.1. The van der Waals surface area contributed by atoms with E-state index in [0.717, 1.165) is 26.0 Å². The molecule has 3 rings (SSSR count). The van der Waals surface area contributed by atoms with Gasteiger partial charge in [0.15, 0.2) is 0 Å². The predicted molar refractivity (Wildman–Crippen MR) is 93.2 cm³/mol. The summed E-state index contributed by atoms with van der Waals surface area (Å²) in [5.74, 6) is 0.140. The average Bonchev–Trinajstić information content (AvgIpc) is 2.61. The molecular weight excluding hydrogens is 303 g/mol. The second-order valence-electron chi connectivity index (χ2n) is 6.63. The van der Waals surface area contributed by atoms with Gasteiger partial charge in [-0.3, -0.25) is 4.98 Å². The SMILES string of the molecule is Cc1ccc(C2OCCCC2CNC(C)c2ccncc2F)cc1. The first-order valence-corrected chi connectivity index (χ1v) is 8.66. The number of rotatable bonds is 5. The van der Waals surface area contributed by atoms with Crippen molar-refractivity contribution in [3.63, 3.8) is 0 Å². The van der Waals surface area contributed by atoms with Gasteiger partial charge in [-0.25, -0.2) is 4.39 Å². The molecule has 3 unspecified atom stereocenters. The van der Waals surface area contributed by atoms with E-state index in [1.807, 2.05) is 6.92 Å². The van der Waals surface area contributed by atoms with Crippen LogP contribution in [0.4, 0.5) is 4.39 Å². The molecule has 1 fully saturated rings. The molecule has 0 amide bonds. The van der Waals surface area contributed by atoms with Gasteiger partial charge in [0.2, 0.25) is 0 Å². The predicted octanol–water partition coefficient (Wildman–Crippen LogP) is 4.35. The van der Waals surface area contributed by atoms with Crippen LogP contribution in [0, 0.1) is 18.7 Å². The van der Waals surface area contributed by atoms with E-state index in [2.05, 4.69) is 41.5 Å². The van der Waals surface area contributed by atoms with Crippen molar-refractivity contribution in [1.82, 2.24) is 10.3 Å². The molecule has 0 saturated carbocycles. The highest BCUT2D eigenvalue weighted by Gasteiger charge is 2.27. The number of benzene rings is 1. The molecule has 4 heteroatoms. The Bertz CT molecular complexity index is 659. The molecule has 3 atom stereocenters. The van der Waals surface area contributed by atoms with Crippen LogP contribution in [0.3, 0.4) is 0 Å². The third kappa shape index (κ3) is 4.00. The molecule has 128 valence electrons. The Morgan fingerprint density at radius 2 is 2.08 bits per heavy atom. The second-order valence-corrected chi connectivity index (χ2v) is 6.63. The minimum absolute atomic E-state index is 0.0476. The van der Waals surface area contributed by atoms with Gasteiger partial charge in [-0.05, 0) is 38.3 Å². The summed E-state index contributed by atoms with van der Waals surface area (Å²) < 4.78 is 19.9. The Hall–Kier alpha value is -1.78. The Kier molecular flexibility index (Phi) is 5.59. The van der Waals surface area contributed by atoms with Crippen LogP contribution in [-0.2, 0) is 4.74 Å². The van der Waals surface area contributed by atoms with Crippen molar-refractivity contribution >= 4 is 0 Å². The highest BCUT2D eigenvalue weighted by molar-refractivity contribution is 5.24. The summed E-state index contributed by atoms with van der Waals surface area (Å²) in [5, 5.41) is 3.47. The van der Waals surface area contributed by atoms with Crippen LogP contribution in [0.15, 0.2) is 42.7 Å². The lowest BCUT2D eigenvalue weighted by molar-refractivity contribution is -0.0284. The van der Waals surface area contributed by atoms with E-state index in [1.54, 1.807) is 12.3 Å². The van der Waals surface area contributed by atoms with Crippen LogP contribution >= 0.6 is 0 Å². The zero-order chi connectivity index (χ0) is 16.9. The molecule has 24 heavy (non-hydrogen) atoms. The summed E-state index contributed by atoms with van der Waals surface area (Å²) in [5.41, 5.74) is 3.15. The molecule has 2 heterocycles. The second kappa shape index (κ2) is 7.86. The minimum atomic E-state index is -0.257. The van der Waals surface area contributed by atoms with E-state index >= 15 is 0 Å². The molecule has 3 nitrogen and oxygen atoms in total. The molecule has 1 aromatic carbocycles. The summed E-state index contributed by atoms with van der Waals surface area (Å²) in [6, 6.07) is 10.3. The number of pyridine rings is 1. The van der Waals surface area contributed by atoms with E-state index < -0.39 is 0 Å². The monoisotopic (exact) mass is 328 g/mol. The maximum absolute atomic E-state index is 13.9. The quantitative estimate of drug-likeness (QED) is 0.886. The fourth-order valence-electron chi connectivity index (χ4n) is 3.35. The zero-order valence-corrected chi connectivity index (χ0v) is 14.3. The molecule has 1 N–H and O–H groups in total. The maximum atomic E-state index is 13.9. The van der Waals surface area contributed by atoms with Gasteiger partial charge in [0.05, 0.1) is 12.3 Å². The van der Waals surface area contributed by atoms with Gasteiger partial charge in [-0.1, -0.05) is 29.8 Å². The Morgan fingerprint density at radius 1 is 1.29 bits per heavy atom. The van der Waals surface area contributed by atoms with Crippen molar-refractivity contribution in [2.24, 2.45) is 5.92 Å². The van der Waals surface area contributed by atoms with Crippen LogP contribution in [0.25, 0.3) is 0 Å². The largest absolute Gasteiger partial charge is 0.373 e. The number of nitrogens with one attached hydrogen (secondary N) is 1. The van der Waals surface area contributed by atoms with Crippen LogP contribution < -0.4 is 5.32 Å². The normalized spacial score (nSPS) is 22.3. The number of nitrogens with zero attached hydrogens (tertiary/aromatic N) is 1. The topological polar surface area (TPSA) is 34.1 Å². The van der Waals surface area contributed by atoms with Gasteiger partial charge < -0.3 is 10.1 Å². The lowest BCUT2D eigenvalue weighted by Crippen LogP contribution is -2.33. The lowest BCUT2D eigenvalue weighted by atomic mass is 9.89. The Balaban J connectivity index is 1.66. The van der Waals surface area contributed by atoms with E-state index in [-0.39, 0.29) is 18.0 Å². The van der Waals surface area contributed by atoms with E-state index in [1.165, 1.54) is 17.3 Å². The van der Waals surface area contributed by atoms with Crippen molar-refractivity contribution in [2.45, 2.75) is 38.8 Å². The summed E-state index contributed by atoms with van der Waals surface area (Å²) in [7, 11) is 0. The molecule has 0 bridgehead atoms. The fraction of sp³-hybridized carbons (Fsp3) is 0.450. The van der Waals surface area contributed by atoms with E-state index in [9.17, 15) is 4.39 Å². The van der Waals surface area contributed by atoms with Crippen molar-refractivity contribution in [1.29, 1.82) is 0 Å². The van der Waals surface area contributed by atoms with Gasteiger partial charge in [-0.15, -0.1) is 0 Å². The summed E-state index contributed by atoms with van der Waals surface area (Å²) in [6.07, 6.45) is 5.22. The third-order valence-electron chi connectivity index (χ3n) is 4.81. The summed E-state index contributed by atoms with van der Waals surface area (Å²) in [4.78, 5) is 3.81. The fourth-order valence-corrected chi connectivity index (χ4v) is 3.35. The smallest absolute Gasteiger partial charge is 0.146 e. The van der Waals surface area contributed by atoms with Gasteiger partial charge in [0.1, 0.15) is 5.82 Å². The first-order valence-electron chi connectivity index (χ1n) is 8.66. The van der Waals surface area contributed by atoms with Gasteiger partial charge in [-0.2, -0.15) is 0 Å². The Morgan fingerprint density at radius 3 is 2.83 bits per heavy atom. The molecule has 2 aromatic rings. The number of hydrogen-bond donors (Lipinski definition) is 1. The van der Waals surface area contributed by atoms with Crippen LogP contribution in [0.2, 0.25) is 0 Å². The molecule has 1 aliphatic rings. The molecular formula is C20H25FN2O. The van der Waals surface area contributed by atoms with E-state index in [4.69, 9.17) is 4.74 Å². The molecule has 1 saturated heterocycles. The van der Waals surface area contributed by atoms with Gasteiger partial charge >= 0.3 is 0 Å². The van der Waals surface area contributed by atoms with Crippen LogP contribution in [-0.4, -0.2) is 18.1 Å². The number of hydrogen-bond acceptors (Lipinski definition) is 3. The van der Waals surface area contributed by atoms with Crippen LogP contribution in [0.1, 0.15) is 48.6 Å². The summed E-state index contributed by atoms with van der Waals surface area (Å²) in [6.45, 7) is 5.70. The van der Waals surface area contributed by atoms with Crippen molar-refractivity contribution in [2.75, 3.05) is 13.2 Å². The molecule has 1 aromatic heterocycles. The minimum Gasteiger partial charge on any atom is -0.373 e. The van der Waals surface area contributed by atoms with Crippen molar-refractivity contribution < 1.29 is 9.13 Å². The first-order chi connectivity index (χ1) is 11.6. The zero-order valence-electron chi connectivity index (χ0n) is 14.3. The Labute approximate surface area is 143 Å². The highest BCUT2D eigenvalue weighted by Crippen LogP contribution is 2.33. The molecule has 1 aliphatic heterocycles.